The Kier molecular flexibility index (Phi) is 5.62. The van der Waals surface area contributed by atoms with Gasteiger partial charge in [-0.25, -0.2) is 0 Å². The molecule has 0 aliphatic heterocycles. The van der Waals surface area contributed by atoms with Gasteiger partial charge >= 0.3 is 6.01 Å². The standard InChI is InChI=1S/C14H19N5OS/c1-4-15-12-17-13(19-14(18-12)20-5-2)16-10-6-8-11(21-3)9-7-10/h6-9H,4-5H2,1-3H3,(H2,15,16,17,18,19). The molecule has 7 heteroatoms. The summed E-state index contributed by atoms with van der Waals surface area (Å²) >= 11 is 1.70. The zero-order valence-corrected chi connectivity index (χ0v) is 13.2. The van der Waals surface area contributed by atoms with Crippen molar-refractivity contribution in [2.24, 2.45) is 0 Å². The molecule has 6 nitrogen and oxygen atoms in total. The number of ether oxygens (including phenoxy) is 1. The molecule has 0 atom stereocenters. The van der Waals surface area contributed by atoms with E-state index in [9.17, 15) is 0 Å². The van der Waals surface area contributed by atoms with Gasteiger partial charge in [0.1, 0.15) is 0 Å². The van der Waals surface area contributed by atoms with Crippen LogP contribution in [0.2, 0.25) is 0 Å². The first-order valence-corrected chi connectivity index (χ1v) is 8.01. The molecule has 0 spiro atoms. The number of benzene rings is 1. The van der Waals surface area contributed by atoms with Gasteiger partial charge in [-0.05, 0) is 44.4 Å². The van der Waals surface area contributed by atoms with Gasteiger partial charge < -0.3 is 15.4 Å². The number of rotatable bonds is 7. The first kappa shape index (κ1) is 15.4. The van der Waals surface area contributed by atoms with Crippen LogP contribution < -0.4 is 15.4 Å². The maximum Gasteiger partial charge on any atom is 0.323 e. The number of hydrogen-bond acceptors (Lipinski definition) is 7. The van der Waals surface area contributed by atoms with Gasteiger partial charge in [0.2, 0.25) is 11.9 Å². The van der Waals surface area contributed by atoms with E-state index in [2.05, 4.69) is 25.6 Å². The van der Waals surface area contributed by atoms with Crippen molar-refractivity contribution in [3.8, 4) is 6.01 Å². The maximum atomic E-state index is 5.36. The highest BCUT2D eigenvalue weighted by Crippen LogP contribution is 2.20. The minimum atomic E-state index is 0.312. The van der Waals surface area contributed by atoms with E-state index >= 15 is 0 Å². The van der Waals surface area contributed by atoms with Crippen LogP contribution in [0.3, 0.4) is 0 Å². The lowest BCUT2D eigenvalue weighted by molar-refractivity contribution is 0.312. The van der Waals surface area contributed by atoms with Gasteiger partial charge in [-0.15, -0.1) is 11.8 Å². The minimum absolute atomic E-state index is 0.312. The topological polar surface area (TPSA) is 72.0 Å². The van der Waals surface area contributed by atoms with Crippen molar-refractivity contribution < 1.29 is 4.74 Å². The van der Waals surface area contributed by atoms with Crippen LogP contribution in [0.5, 0.6) is 6.01 Å². The van der Waals surface area contributed by atoms with E-state index in [0.29, 0.717) is 24.5 Å². The van der Waals surface area contributed by atoms with Crippen molar-refractivity contribution in [1.82, 2.24) is 15.0 Å². The molecule has 112 valence electrons. The summed E-state index contributed by atoms with van der Waals surface area (Å²) in [5, 5.41) is 6.23. The third-order valence-electron chi connectivity index (χ3n) is 2.57. The summed E-state index contributed by atoms with van der Waals surface area (Å²) in [5.74, 6) is 0.959. The molecule has 2 rings (SSSR count). The Morgan fingerprint density at radius 3 is 2.38 bits per heavy atom. The molecule has 21 heavy (non-hydrogen) atoms. The number of nitrogens with one attached hydrogen (secondary N) is 2. The van der Waals surface area contributed by atoms with Crippen molar-refractivity contribution in [2.75, 3.05) is 30.0 Å². The molecule has 0 unspecified atom stereocenters. The van der Waals surface area contributed by atoms with Crippen molar-refractivity contribution in [3.05, 3.63) is 24.3 Å². The Balaban J connectivity index is 2.20. The zero-order chi connectivity index (χ0) is 15.1. The van der Waals surface area contributed by atoms with Gasteiger partial charge in [-0.1, -0.05) is 0 Å². The van der Waals surface area contributed by atoms with E-state index in [1.54, 1.807) is 11.8 Å². The third kappa shape index (κ3) is 4.49. The van der Waals surface area contributed by atoms with Gasteiger partial charge in [-0.2, -0.15) is 15.0 Å². The number of anilines is 3. The number of thioether (sulfide) groups is 1. The fourth-order valence-electron chi connectivity index (χ4n) is 1.65. The summed E-state index contributed by atoms with van der Waals surface area (Å²) in [4.78, 5) is 13.9. The van der Waals surface area contributed by atoms with Gasteiger partial charge in [0.15, 0.2) is 0 Å². The van der Waals surface area contributed by atoms with Gasteiger partial charge in [0.25, 0.3) is 0 Å². The predicted molar refractivity (Wildman–Crippen MR) is 86.7 cm³/mol. The highest BCUT2D eigenvalue weighted by Gasteiger charge is 2.07. The summed E-state index contributed by atoms with van der Waals surface area (Å²) in [6.07, 6.45) is 2.05. The molecule has 1 aromatic heterocycles. The number of aromatic nitrogens is 3. The monoisotopic (exact) mass is 305 g/mol. The highest BCUT2D eigenvalue weighted by molar-refractivity contribution is 7.98. The highest BCUT2D eigenvalue weighted by atomic mass is 32.2. The summed E-state index contributed by atoms with van der Waals surface area (Å²) in [6, 6.07) is 8.38. The SMILES string of the molecule is CCNc1nc(Nc2ccc(SC)cc2)nc(OCC)n1. The average molecular weight is 305 g/mol. The van der Waals surface area contributed by atoms with E-state index in [0.717, 1.165) is 12.2 Å². The van der Waals surface area contributed by atoms with Gasteiger partial charge in [0, 0.05) is 17.1 Å². The molecule has 0 fully saturated rings. The average Bonchev–Trinajstić information content (AvgIpc) is 2.48. The Morgan fingerprint density at radius 1 is 1.05 bits per heavy atom. The first-order valence-electron chi connectivity index (χ1n) is 6.79. The Bertz CT molecular complexity index is 552. The van der Waals surface area contributed by atoms with Crippen LogP contribution in [0.25, 0.3) is 0 Å². The number of nitrogens with zero attached hydrogens (tertiary/aromatic N) is 3. The molecular weight excluding hydrogens is 286 g/mol. The van der Waals surface area contributed by atoms with Crippen LogP contribution in [0.4, 0.5) is 17.6 Å². The van der Waals surface area contributed by atoms with Crippen LogP contribution >= 0.6 is 11.8 Å². The van der Waals surface area contributed by atoms with E-state index < -0.39 is 0 Å². The molecule has 0 bridgehead atoms. The molecule has 1 heterocycles. The summed E-state index contributed by atoms with van der Waals surface area (Å²) in [6.45, 7) is 5.12. The lowest BCUT2D eigenvalue weighted by Crippen LogP contribution is -2.08. The van der Waals surface area contributed by atoms with E-state index in [4.69, 9.17) is 4.74 Å². The lowest BCUT2D eigenvalue weighted by atomic mass is 10.3. The second kappa shape index (κ2) is 7.68. The molecule has 2 aromatic rings. The van der Waals surface area contributed by atoms with Crippen LogP contribution in [-0.2, 0) is 0 Å². The second-order valence-corrected chi connectivity index (χ2v) is 4.96. The Morgan fingerprint density at radius 2 is 1.76 bits per heavy atom. The van der Waals surface area contributed by atoms with E-state index in [1.165, 1.54) is 4.90 Å². The fourth-order valence-corrected chi connectivity index (χ4v) is 2.05. The molecule has 2 N–H and O–H groups in total. The second-order valence-electron chi connectivity index (χ2n) is 4.08. The quantitative estimate of drug-likeness (QED) is 0.761. The minimum Gasteiger partial charge on any atom is -0.464 e. The summed E-state index contributed by atoms with van der Waals surface area (Å²) in [5.41, 5.74) is 0.920. The van der Waals surface area contributed by atoms with Crippen molar-refractivity contribution in [1.29, 1.82) is 0 Å². The third-order valence-corrected chi connectivity index (χ3v) is 3.31. The largest absolute Gasteiger partial charge is 0.464 e. The molecule has 0 aliphatic carbocycles. The van der Waals surface area contributed by atoms with E-state index in [-0.39, 0.29) is 0 Å². The molecule has 0 saturated heterocycles. The number of hydrogen-bond donors (Lipinski definition) is 2. The van der Waals surface area contributed by atoms with Crippen LogP contribution in [0, 0.1) is 0 Å². The van der Waals surface area contributed by atoms with Crippen molar-refractivity contribution in [2.45, 2.75) is 18.7 Å². The van der Waals surface area contributed by atoms with Crippen molar-refractivity contribution in [3.63, 3.8) is 0 Å². The Hall–Kier alpha value is -2.02. The Labute approximate surface area is 128 Å². The van der Waals surface area contributed by atoms with Crippen molar-refractivity contribution >= 4 is 29.3 Å². The van der Waals surface area contributed by atoms with Crippen LogP contribution in [0.15, 0.2) is 29.2 Å². The van der Waals surface area contributed by atoms with Gasteiger partial charge in [-0.3, -0.25) is 0 Å². The molecule has 0 amide bonds. The lowest BCUT2D eigenvalue weighted by Gasteiger charge is -2.09. The van der Waals surface area contributed by atoms with Crippen LogP contribution in [-0.4, -0.2) is 34.4 Å². The maximum absolute atomic E-state index is 5.36. The molecule has 0 aliphatic rings. The first-order chi connectivity index (χ1) is 10.2. The molecule has 0 radical (unpaired) electrons. The smallest absolute Gasteiger partial charge is 0.323 e. The predicted octanol–water partition coefficient (Wildman–Crippen LogP) is 3.17. The van der Waals surface area contributed by atoms with Gasteiger partial charge in [0.05, 0.1) is 6.61 Å². The normalized spacial score (nSPS) is 10.2. The molecular formula is C14H19N5OS. The zero-order valence-electron chi connectivity index (χ0n) is 12.4. The van der Waals surface area contributed by atoms with E-state index in [1.807, 2.05) is 44.4 Å². The molecule has 0 saturated carbocycles. The van der Waals surface area contributed by atoms with Crippen LogP contribution in [0.1, 0.15) is 13.8 Å². The summed E-state index contributed by atoms with van der Waals surface area (Å²) in [7, 11) is 0. The molecule has 1 aromatic carbocycles. The fraction of sp³-hybridized carbons (Fsp3) is 0.357. The summed E-state index contributed by atoms with van der Waals surface area (Å²) < 4.78 is 5.36.